The van der Waals surface area contributed by atoms with Crippen LogP contribution in [-0.2, 0) is 0 Å². The van der Waals surface area contributed by atoms with Crippen LogP contribution in [0, 0.1) is 6.92 Å². The van der Waals surface area contributed by atoms with Crippen LogP contribution in [0.3, 0.4) is 0 Å². The summed E-state index contributed by atoms with van der Waals surface area (Å²) in [5.74, 6) is 0. The van der Waals surface area contributed by atoms with E-state index in [1.54, 1.807) is 0 Å². The summed E-state index contributed by atoms with van der Waals surface area (Å²) >= 11 is 0. The van der Waals surface area contributed by atoms with Gasteiger partial charge in [-0.2, -0.15) is 0 Å². The molecule has 88 valence electrons. The molecule has 2 nitrogen and oxygen atoms in total. The van der Waals surface area contributed by atoms with Crippen LogP contribution in [-0.4, -0.2) is 30.6 Å². The first-order valence-corrected chi connectivity index (χ1v) is 6.21. The molecule has 1 heterocycles. The second-order valence-corrected chi connectivity index (χ2v) is 4.94. The molecule has 16 heavy (non-hydrogen) atoms. The van der Waals surface area contributed by atoms with Gasteiger partial charge in [-0.25, -0.2) is 0 Å². The van der Waals surface area contributed by atoms with Gasteiger partial charge < -0.3 is 5.32 Å². The molecule has 1 aliphatic heterocycles. The molecule has 2 unspecified atom stereocenters. The highest BCUT2D eigenvalue weighted by atomic mass is 15.2. The lowest BCUT2D eigenvalue weighted by atomic mass is 10.0. The SMILES string of the molecule is Cc1ccc(C(C)N2CCNC(C)C2)cc1. The Morgan fingerprint density at radius 1 is 1.31 bits per heavy atom. The molecule has 1 fully saturated rings. The summed E-state index contributed by atoms with van der Waals surface area (Å²) in [6, 6.07) is 10.1. The molecule has 1 aromatic rings. The van der Waals surface area contributed by atoms with Gasteiger partial charge in [-0.3, -0.25) is 4.90 Å². The molecule has 1 saturated heterocycles. The topological polar surface area (TPSA) is 15.3 Å². The molecule has 1 N–H and O–H groups in total. The van der Waals surface area contributed by atoms with E-state index in [0.29, 0.717) is 12.1 Å². The quantitative estimate of drug-likeness (QED) is 0.819. The molecule has 0 aromatic heterocycles. The van der Waals surface area contributed by atoms with Gasteiger partial charge in [-0.1, -0.05) is 29.8 Å². The molecular weight excluding hydrogens is 196 g/mol. The number of benzene rings is 1. The highest BCUT2D eigenvalue weighted by molar-refractivity contribution is 5.23. The highest BCUT2D eigenvalue weighted by Crippen LogP contribution is 2.21. The summed E-state index contributed by atoms with van der Waals surface area (Å²) in [7, 11) is 0. The Morgan fingerprint density at radius 3 is 2.62 bits per heavy atom. The fourth-order valence-corrected chi connectivity index (χ4v) is 2.37. The Kier molecular flexibility index (Phi) is 3.62. The molecule has 0 saturated carbocycles. The van der Waals surface area contributed by atoms with Crippen molar-refractivity contribution in [2.45, 2.75) is 32.9 Å². The number of aryl methyl sites for hydroxylation is 1. The Bertz CT molecular complexity index is 331. The van der Waals surface area contributed by atoms with E-state index in [2.05, 4.69) is 55.3 Å². The molecule has 2 atom stereocenters. The molecule has 0 aliphatic carbocycles. The Hall–Kier alpha value is -0.860. The van der Waals surface area contributed by atoms with Crippen LogP contribution in [0.25, 0.3) is 0 Å². The molecule has 0 amide bonds. The van der Waals surface area contributed by atoms with Crippen LogP contribution in [0.2, 0.25) is 0 Å². The first kappa shape index (κ1) is 11.6. The van der Waals surface area contributed by atoms with Crippen LogP contribution in [0.5, 0.6) is 0 Å². The first-order chi connectivity index (χ1) is 7.66. The summed E-state index contributed by atoms with van der Waals surface area (Å²) in [6.45, 7) is 10.1. The smallest absolute Gasteiger partial charge is 0.0321 e. The summed E-state index contributed by atoms with van der Waals surface area (Å²) in [5.41, 5.74) is 2.77. The lowest BCUT2D eigenvalue weighted by molar-refractivity contribution is 0.158. The lowest BCUT2D eigenvalue weighted by Gasteiger charge is -2.36. The molecular formula is C14H22N2. The molecule has 1 aliphatic rings. The number of nitrogens with zero attached hydrogens (tertiary/aromatic N) is 1. The Morgan fingerprint density at radius 2 is 2.00 bits per heavy atom. The zero-order valence-corrected chi connectivity index (χ0v) is 10.5. The third-order valence-corrected chi connectivity index (χ3v) is 3.51. The summed E-state index contributed by atoms with van der Waals surface area (Å²) < 4.78 is 0. The van der Waals surface area contributed by atoms with E-state index < -0.39 is 0 Å². The van der Waals surface area contributed by atoms with Crippen LogP contribution in [0.15, 0.2) is 24.3 Å². The van der Waals surface area contributed by atoms with Crippen molar-refractivity contribution in [3.8, 4) is 0 Å². The van der Waals surface area contributed by atoms with E-state index in [4.69, 9.17) is 0 Å². The van der Waals surface area contributed by atoms with E-state index >= 15 is 0 Å². The van der Waals surface area contributed by atoms with Gasteiger partial charge in [0.2, 0.25) is 0 Å². The van der Waals surface area contributed by atoms with Gasteiger partial charge in [-0.15, -0.1) is 0 Å². The fourth-order valence-electron chi connectivity index (χ4n) is 2.37. The van der Waals surface area contributed by atoms with Gasteiger partial charge in [0.05, 0.1) is 0 Å². The van der Waals surface area contributed by atoms with E-state index in [1.807, 2.05) is 0 Å². The second-order valence-electron chi connectivity index (χ2n) is 4.94. The van der Waals surface area contributed by atoms with Gasteiger partial charge in [0.1, 0.15) is 0 Å². The molecule has 2 rings (SSSR count). The van der Waals surface area contributed by atoms with Crippen molar-refractivity contribution in [3.63, 3.8) is 0 Å². The molecule has 2 heteroatoms. The van der Waals surface area contributed by atoms with Crippen LogP contribution in [0.4, 0.5) is 0 Å². The van der Waals surface area contributed by atoms with Gasteiger partial charge in [0.25, 0.3) is 0 Å². The van der Waals surface area contributed by atoms with E-state index in [-0.39, 0.29) is 0 Å². The van der Waals surface area contributed by atoms with Gasteiger partial charge in [0, 0.05) is 31.7 Å². The predicted octanol–water partition coefficient (Wildman–Crippen LogP) is 2.35. The fraction of sp³-hybridized carbons (Fsp3) is 0.571. The Labute approximate surface area is 98.7 Å². The zero-order chi connectivity index (χ0) is 11.5. The maximum atomic E-state index is 3.49. The summed E-state index contributed by atoms with van der Waals surface area (Å²) in [6.07, 6.45) is 0. The summed E-state index contributed by atoms with van der Waals surface area (Å²) in [4.78, 5) is 2.56. The van der Waals surface area contributed by atoms with E-state index in [9.17, 15) is 0 Å². The lowest BCUT2D eigenvalue weighted by Crippen LogP contribution is -2.49. The van der Waals surface area contributed by atoms with Crippen molar-refractivity contribution < 1.29 is 0 Å². The van der Waals surface area contributed by atoms with Gasteiger partial charge in [-0.05, 0) is 26.3 Å². The standard InChI is InChI=1S/C14H22N2/c1-11-4-6-14(7-5-11)13(3)16-9-8-15-12(2)10-16/h4-7,12-13,15H,8-10H2,1-3H3. The molecule has 0 radical (unpaired) electrons. The number of hydrogen-bond donors (Lipinski definition) is 1. The number of piperazine rings is 1. The van der Waals surface area contributed by atoms with Crippen molar-refractivity contribution >= 4 is 0 Å². The molecule has 0 bridgehead atoms. The van der Waals surface area contributed by atoms with Crippen LogP contribution < -0.4 is 5.32 Å². The van der Waals surface area contributed by atoms with Crippen molar-refractivity contribution in [1.29, 1.82) is 0 Å². The largest absolute Gasteiger partial charge is 0.312 e. The minimum Gasteiger partial charge on any atom is -0.312 e. The second kappa shape index (κ2) is 4.98. The van der Waals surface area contributed by atoms with Crippen molar-refractivity contribution in [2.75, 3.05) is 19.6 Å². The normalized spacial score (nSPS) is 24.3. The van der Waals surface area contributed by atoms with Crippen LogP contribution >= 0.6 is 0 Å². The third-order valence-electron chi connectivity index (χ3n) is 3.51. The maximum absolute atomic E-state index is 3.49. The van der Waals surface area contributed by atoms with E-state index in [0.717, 1.165) is 19.6 Å². The minimum atomic E-state index is 0.533. The number of hydrogen-bond acceptors (Lipinski definition) is 2. The minimum absolute atomic E-state index is 0.533. The predicted molar refractivity (Wildman–Crippen MR) is 68.6 cm³/mol. The third kappa shape index (κ3) is 2.63. The average molecular weight is 218 g/mol. The average Bonchev–Trinajstić information content (AvgIpc) is 2.29. The molecule has 1 aromatic carbocycles. The number of nitrogens with one attached hydrogen (secondary N) is 1. The van der Waals surface area contributed by atoms with Crippen molar-refractivity contribution in [1.82, 2.24) is 10.2 Å². The highest BCUT2D eigenvalue weighted by Gasteiger charge is 2.21. The molecule has 0 spiro atoms. The zero-order valence-electron chi connectivity index (χ0n) is 10.5. The Balaban J connectivity index is 2.06. The van der Waals surface area contributed by atoms with Crippen molar-refractivity contribution in [2.24, 2.45) is 0 Å². The monoisotopic (exact) mass is 218 g/mol. The van der Waals surface area contributed by atoms with E-state index in [1.165, 1.54) is 11.1 Å². The van der Waals surface area contributed by atoms with Gasteiger partial charge >= 0.3 is 0 Å². The summed E-state index contributed by atoms with van der Waals surface area (Å²) in [5, 5.41) is 3.49. The maximum Gasteiger partial charge on any atom is 0.0321 e. The number of rotatable bonds is 2. The van der Waals surface area contributed by atoms with Crippen LogP contribution in [0.1, 0.15) is 31.0 Å². The van der Waals surface area contributed by atoms with Crippen molar-refractivity contribution in [3.05, 3.63) is 35.4 Å². The first-order valence-electron chi connectivity index (χ1n) is 6.21. The van der Waals surface area contributed by atoms with Gasteiger partial charge in [0.15, 0.2) is 0 Å².